The van der Waals surface area contributed by atoms with Crippen molar-refractivity contribution in [2.45, 2.75) is 33.4 Å². The van der Waals surface area contributed by atoms with E-state index in [4.69, 9.17) is 27.9 Å². The van der Waals surface area contributed by atoms with Crippen LogP contribution in [-0.4, -0.2) is 27.6 Å². The molecule has 1 unspecified atom stereocenters. The largest absolute Gasteiger partial charge is 0.451 e. The third kappa shape index (κ3) is 4.86. The number of rotatable bonds is 6. The molecule has 0 amide bonds. The Morgan fingerprint density at radius 1 is 1.10 bits per heavy atom. The van der Waals surface area contributed by atoms with Gasteiger partial charge in [-0.15, -0.1) is 0 Å². The van der Waals surface area contributed by atoms with Gasteiger partial charge in [0, 0.05) is 10.6 Å². The van der Waals surface area contributed by atoms with Crippen LogP contribution in [-0.2, 0) is 11.3 Å². The van der Waals surface area contributed by atoms with E-state index in [9.17, 15) is 9.59 Å². The Kier molecular flexibility index (Phi) is 6.40. The maximum Gasteiger partial charge on any atom is 0.343 e. The number of ether oxygens (including phenoxy) is 1. The second-order valence-corrected chi connectivity index (χ2v) is 7.61. The number of aromatic nitrogens is 2. The first-order valence-corrected chi connectivity index (χ1v) is 9.81. The summed E-state index contributed by atoms with van der Waals surface area (Å²) in [5.41, 5.74) is 3.12. The number of hydrogen-bond donors (Lipinski definition) is 0. The van der Waals surface area contributed by atoms with Gasteiger partial charge in [-0.05, 0) is 38.5 Å². The van der Waals surface area contributed by atoms with E-state index in [1.165, 1.54) is 13.0 Å². The van der Waals surface area contributed by atoms with Gasteiger partial charge in [-0.25, -0.2) is 9.48 Å². The summed E-state index contributed by atoms with van der Waals surface area (Å²) in [5, 5.41) is 4.96. The summed E-state index contributed by atoms with van der Waals surface area (Å²) in [6.45, 7) is 5.62. The van der Waals surface area contributed by atoms with Gasteiger partial charge in [0.25, 0.3) is 0 Å². The first-order chi connectivity index (χ1) is 13.8. The molecule has 0 aliphatic carbocycles. The van der Waals surface area contributed by atoms with Crippen LogP contribution in [0.1, 0.15) is 44.5 Å². The average Bonchev–Trinajstić information content (AvgIpc) is 2.96. The van der Waals surface area contributed by atoms with E-state index < -0.39 is 12.1 Å². The fourth-order valence-corrected chi connectivity index (χ4v) is 3.41. The van der Waals surface area contributed by atoms with Crippen LogP contribution in [0.15, 0.2) is 48.5 Å². The lowest BCUT2D eigenvalue weighted by atomic mass is 10.1. The zero-order valence-electron chi connectivity index (χ0n) is 16.3. The molecule has 0 fully saturated rings. The van der Waals surface area contributed by atoms with Gasteiger partial charge in [0.15, 0.2) is 6.10 Å². The number of carbonyl (C=O) groups excluding carboxylic acids is 2. The van der Waals surface area contributed by atoms with Crippen molar-refractivity contribution in [3.05, 3.63) is 86.7 Å². The van der Waals surface area contributed by atoms with Gasteiger partial charge < -0.3 is 4.74 Å². The Morgan fingerprint density at radius 3 is 2.45 bits per heavy atom. The molecular formula is C22H20Cl2N2O3. The quantitative estimate of drug-likeness (QED) is 0.394. The van der Waals surface area contributed by atoms with Crippen molar-refractivity contribution in [1.29, 1.82) is 0 Å². The number of Topliss-reactive ketones (excluding diaryl/α,β-unsaturated/α-hetero) is 1. The van der Waals surface area contributed by atoms with Crippen molar-refractivity contribution in [1.82, 2.24) is 9.78 Å². The lowest BCUT2D eigenvalue weighted by molar-refractivity contribution is 0.0318. The Labute approximate surface area is 179 Å². The van der Waals surface area contributed by atoms with Gasteiger partial charge in [0.2, 0.25) is 5.78 Å². The van der Waals surface area contributed by atoms with Gasteiger partial charge in [0.05, 0.1) is 12.2 Å². The molecule has 5 nitrogen and oxygen atoms in total. The van der Waals surface area contributed by atoms with Crippen molar-refractivity contribution >= 4 is 35.0 Å². The molecule has 0 N–H and O–H groups in total. The highest BCUT2D eigenvalue weighted by Crippen LogP contribution is 2.23. The van der Waals surface area contributed by atoms with Crippen LogP contribution >= 0.6 is 23.2 Å². The third-order valence-corrected chi connectivity index (χ3v) is 5.10. The van der Waals surface area contributed by atoms with E-state index in [-0.39, 0.29) is 16.5 Å². The van der Waals surface area contributed by atoms with Gasteiger partial charge in [-0.3, -0.25) is 4.79 Å². The highest BCUT2D eigenvalue weighted by molar-refractivity contribution is 6.33. The maximum atomic E-state index is 12.7. The Bertz CT molecular complexity index is 1060. The molecule has 0 radical (unpaired) electrons. The van der Waals surface area contributed by atoms with E-state index in [1.54, 1.807) is 29.8 Å². The normalized spacial score (nSPS) is 11.9. The van der Waals surface area contributed by atoms with Crippen LogP contribution in [0.4, 0.5) is 0 Å². The molecule has 0 bridgehead atoms. The number of halogens is 2. The average molecular weight is 431 g/mol. The van der Waals surface area contributed by atoms with Crippen LogP contribution in [0.25, 0.3) is 0 Å². The molecule has 0 saturated carbocycles. The smallest absolute Gasteiger partial charge is 0.343 e. The summed E-state index contributed by atoms with van der Waals surface area (Å²) in [7, 11) is 0. The first-order valence-electron chi connectivity index (χ1n) is 9.05. The van der Waals surface area contributed by atoms with Crippen LogP contribution in [0.2, 0.25) is 10.2 Å². The number of benzene rings is 2. The Hall–Kier alpha value is -2.63. The van der Waals surface area contributed by atoms with Crippen LogP contribution in [0, 0.1) is 13.8 Å². The molecule has 3 aromatic rings. The third-order valence-electron chi connectivity index (χ3n) is 4.48. The summed E-state index contributed by atoms with van der Waals surface area (Å²) in [6, 6.07) is 14.4. The fraction of sp³-hybridized carbons (Fsp3) is 0.227. The molecule has 0 saturated heterocycles. The second kappa shape index (κ2) is 8.80. The number of nitrogens with zero attached hydrogens (tertiary/aromatic N) is 2. The molecule has 0 aliphatic heterocycles. The van der Waals surface area contributed by atoms with Gasteiger partial charge in [0.1, 0.15) is 10.7 Å². The van der Waals surface area contributed by atoms with Crippen LogP contribution in [0.3, 0.4) is 0 Å². The van der Waals surface area contributed by atoms with E-state index in [0.29, 0.717) is 22.8 Å². The van der Waals surface area contributed by atoms with Crippen molar-refractivity contribution in [2.75, 3.05) is 0 Å². The number of esters is 1. The number of hydrogen-bond acceptors (Lipinski definition) is 4. The minimum absolute atomic E-state index is 0.157. The topological polar surface area (TPSA) is 61.2 Å². The van der Waals surface area contributed by atoms with Gasteiger partial charge >= 0.3 is 5.97 Å². The van der Waals surface area contributed by atoms with E-state index in [1.807, 2.05) is 31.2 Å². The van der Waals surface area contributed by atoms with E-state index >= 15 is 0 Å². The molecule has 1 heterocycles. The molecule has 29 heavy (non-hydrogen) atoms. The molecule has 0 aliphatic rings. The lowest BCUT2D eigenvalue weighted by Crippen LogP contribution is -2.24. The highest BCUT2D eigenvalue weighted by atomic mass is 35.5. The van der Waals surface area contributed by atoms with Crippen molar-refractivity contribution in [3.8, 4) is 0 Å². The SMILES string of the molecule is Cc1ccc(Cn2nc(C)c(C(=O)OC(C)C(=O)c3cccc(Cl)c3)c2Cl)cc1. The standard InChI is InChI=1S/C22H20Cl2N2O3/c1-13-7-9-16(10-8-13)12-26-21(24)19(14(2)25-26)22(28)29-15(3)20(27)17-5-4-6-18(23)11-17/h4-11,15H,12H2,1-3H3. The summed E-state index contributed by atoms with van der Waals surface area (Å²) in [5.74, 6) is -1.03. The predicted octanol–water partition coefficient (Wildman–Crippen LogP) is 5.28. The highest BCUT2D eigenvalue weighted by Gasteiger charge is 2.26. The molecule has 3 rings (SSSR count). The molecule has 1 aromatic heterocycles. The predicted molar refractivity (Wildman–Crippen MR) is 113 cm³/mol. The van der Waals surface area contributed by atoms with Crippen molar-refractivity contribution in [2.24, 2.45) is 0 Å². The molecule has 7 heteroatoms. The van der Waals surface area contributed by atoms with E-state index in [2.05, 4.69) is 5.10 Å². The zero-order chi connectivity index (χ0) is 21.1. The first kappa shape index (κ1) is 21.1. The second-order valence-electron chi connectivity index (χ2n) is 6.82. The Morgan fingerprint density at radius 2 is 1.79 bits per heavy atom. The Balaban J connectivity index is 1.76. The molecule has 1 atom stereocenters. The minimum atomic E-state index is -0.989. The minimum Gasteiger partial charge on any atom is -0.451 e. The molecule has 0 spiro atoms. The monoisotopic (exact) mass is 430 g/mol. The molecular weight excluding hydrogens is 411 g/mol. The summed E-state index contributed by atoms with van der Waals surface area (Å²) < 4.78 is 6.91. The maximum absolute atomic E-state index is 12.7. The zero-order valence-corrected chi connectivity index (χ0v) is 17.8. The summed E-state index contributed by atoms with van der Waals surface area (Å²) in [4.78, 5) is 25.2. The number of ketones is 1. The number of aryl methyl sites for hydroxylation is 2. The molecule has 2 aromatic carbocycles. The van der Waals surface area contributed by atoms with Crippen LogP contribution < -0.4 is 0 Å². The van der Waals surface area contributed by atoms with Crippen molar-refractivity contribution < 1.29 is 14.3 Å². The molecule has 150 valence electrons. The van der Waals surface area contributed by atoms with Crippen LogP contribution in [0.5, 0.6) is 0 Å². The van der Waals surface area contributed by atoms with Crippen molar-refractivity contribution in [3.63, 3.8) is 0 Å². The van der Waals surface area contributed by atoms with E-state index in [0.717, 1.165) is 11.1 Å². The summed E-state index contributed by atoms with van der Waals surface area (Å²) in [6.07, 6.45) is -0.989. The number of carbonyl (C=O) groups is 2. The lowest BCUT2D eigenvalue weighted by Gasteiger charge is -2.12. The van der Waals surface area contributed by atoms with Gasteiger partial charge in [-0.1, -0.05) is 65.2 Å². The fourth-order valence-electron chi connectivity index (χ4n) is 2.91. The van der Waals surface area contributed by atoms with Gasteiger partial charge in [-0.2, -0.15) is 5.10 Å². The summed E-state index contributed by atoms with van der Waals surface area (Å²) >= 11 is 12.3.